The van der Waals surface area contributed by atoms with Crippen LogP contribution in [0, 0.1) is 13.8 Å². The van der Waals surface area contributed by atoms with Gasteiger partial charge in [0, 0.05) is 12.6 Å². The Morgan fingerprint density at radius 2 is 1.95 bits per heavy atom. The van der Waals surface area contributed by atoms with Crippen LogP contribution in [0.4, 0.5) is 10.6 Å². The van der Waals surface area contributed by atoms with Gasteiger partial charge < -0.3 is 4.90 Å². The highest BCUT2D eigenvalue weighted by Crippen LogP contribution is 2.23. The summed E-state index contributed by atoms with van der Waals surface area (Å²) in [5.41, 5.74) is 4.42. The molecule has 22 heavy (non-hydrogen) atoms. The molecule has 5 nitrogen and oxygen atoms in total. The van der Waals surface area contributed by atoms with E-state index >= 15 is 0 Å². The molecule has 2 heterocycles. The zero-order valence-corrected chi connectivity index (χ0v) is 13.1. The Morgan fingerprint density at radius 1 is 1.23 bits per heavy atom. The van der Waals surface area contributed by atoms with E-state index in [-0.39, 0.29) is 12.1 Å². The number of fused-ring (bicyclic) bond motifs is 1. The van der Waals surface area contributed by atoms with Crippen LogP contribution in [0.2, 0.25) is 0 Å². The fourth-order valence-electron chi connectivity index (χ4n) is 2.74. The summed E-state index contributed by atoms with van der Waals surface area (Å²) in [5.74, 6) is 0.499. The topological polar surface area (TPSA) is 58.1 Å². The molecule has 3 rings (SSSR count). The van der Waals surface area contributed by atoms with Crippen molar-refractivity contribution in [1.29, 1.82) is 0 Å². The van der Waals surface area contributed by atoms with E-state index in [1.54, 1.807) is 0 Å². The second kappa shape index (κ2) is 5.75. The van der Waals surface area contributed by atoms with E-state index in [0.29, 0.717) is 12.4 Å². The van der Waals surface area contributed by atoms with Gasteiger partial charge in [0.05, 0.1) is 5.69 Å². The maximum atomic E-state index is 12.5. The summed E-state index contributed by atoms with van der Waals surface area (Å²) in [5, 5.41) is 10.9. The molecule has 1 unspecified atom stereocenters. The minimum absolute atomic E-state index is 0.125. The van der Waals surface area contributed by atoms with Crippen LogP contribution in [-0.4, -0.2) is 27.2 Å². The van der Waals surface area contributed by atoms with Crippen molar-refractivity contribution in [3.63, 3.8) is 0 Å². The van der Waals surface area contributed by atoms with Gasteiger partial charge in [-0.15, -0.1) is 5.10 Å². The Bertz CT molecular complexity index is 714. The second-order valence-electron chi connectivity index (χ2n) is 5.88. The lowest BCUT2D eigenvalue weighted by atomic mass is 9.95. The highest BCUT2D eigenvalue weighted by molar-refractivity contribution is 5.88. The highest BCUT2D eigenvalue weighted by atomic mass is 16.2. The van der Waals surface area contributed by atoms with Gasteiger partial charge in [-0.3, -0.25) is 5.32 Å². The predicted molar refractivity (Wildman–Crippen MR) is 85.7 cm³/mol. The molecule has 1 aromatic heterocycles. The first kappa shape index (κ1) is 14.5. The first-order valence-electron chi connectivity index (χ1n) is 7.50. The molecule has 1 N–H and O–H groups in total. The zero-order chi connectivity index (χ0) is 15.7. The molecule has 0 spiro atoms. The number of amides is 2. The lowest BCUT2D eigenvalue weighted by molar-refractivity contribution is 0.182. The third kappa shape index (κ3) is 2.79. The third-order valence-corrected chi connectivity index (χ3v) is 4.23. The average molecular weight is 296 g/mol. The van der Waals surface area contributed by atoms with Crippen LogP contribution in [0.25, 0.3) is 0 Å². The molecule has 1 aromatic carbocycles. The van der Waals surface area contributed by atoms with Crippen molar-refractivity contribution in [3.8, 4) is 0 Å². The van der Waals surface area contributed by atoms with Crippen molar-refractivity contribution in [2.75, 3.05) is 5.32 Å². The number of nitrogens with one attached hydrogen (secondary N) is 1. The van der Waals surface area contributed by atoms with Crippen molar-refractivity contribution in [2.45, 2.75) is 39.8 Å². The molecule has 1 aliphatic rings. The molecule has 1 aliphatic heterocycles. The third-order valence-electron chi connectivity index (χ3n) is 4.23. The fraction of sp³-hybridized carbons (Fsp3) is 0.353. The van der Waals surface area contributed by atoms with Gasteiger partial charge in [-0.05, 0) is 49.9 Å². The van der Waals surface area contributed by atoms with Crippen molar-refractivity contribution in [2.24, 2.45) is 0 Å². The lowest BCUT2D eigenvalue weighted by Crippen LogP contribution is -2.44. The summed E-state index contributed by atoms with van der Waals surface area (Å²) < 4.78 is 0. The number of aryl methyl sites for hydroxylation is 2. The molecule has 0 bridgehead atoms. The van der Waals surface area contributed by atoms with Gasteiger partial charge >= 0.3 is 6.03 Å². The smallest absolute Gasteiger partial charge is 0.317 e. The normalized spacial score (nSPS) is 17.0. The maximum absolute atomic E-state index is 12.5. The number of urea groups is 1. The SMILES string of the molecule is Cc1cc(NC(=O)N2Cc3ccccc3CC2C)nnc1C. The molecular formula is C17H20N4O. The van der Waals surface area contributed by atoms with Gasteiger partial charge in [0.25, 0.3) is 0 Å². The Morgan fingerprint density at radius 3 is 2.68 bits per heavy atom. The summed E-state index contributed by atoms with van der Waals surface area (Å²) in [4.78, 5) is 14.4. The van der Waals surface area contributed by atoms with E-state index < -0.39 is 0 Å². The highest BCUT2D eigenvalue weighted by Gasteiger charge is 2.26. The molecule has 2 aromatic rings. The quantitative estimate of drug-likeness (QED) is 0.880. The molecule has 0 aliphatic carbocycles. The molecule has 2 amide bonds. The first-order chi connectivity index (χ1) is 10.5. The summed E-state index contributed by atoms with van der Waals surface area (Å²) >= 11 is 0. The summed E-state index contributed by atoms with van der Waals surface area (Å²) in [7, 11) is 0. The number of rotatable bonds is 1. The number of anilines is 1. The molecule has 0 saturated heterocycles. The summed E-state index contributed by atoms with van der Waals surface area (Å²) in [6.45, 7) is 6.56. The lowest BCUT2D eigenvalue weighted by Gasteiger charge is -2.34. The number of aromatic nitrogens is 2. The van der Waals surface area contributed by atoms with Crippen LogP contribution >= 0.6 is 0 Å². The van der Waals surface area contributed by atoms with E-state index in [2.05, 4.69) is 34.6 Å². The Kier molecular flexibility index (Phi) is 3.79. The number of benzene rings is 1. The zero-order valence-electron chi connectivity index (χ0n) is 13.1. The van der Waals surface area contributed by atoms with E-state index in [1.807, 2.05) is 36.9 Å². The largest absolute Gasteiger partial charge is 0.323 e. The van der Waals surface area contributed by atoms with E-state index in [1.165, 1.54) is 11.1 Å². The van der Waals surface area contributed by atoms with Crippen molar-refractivity contribution >= 4 is 11.8 Å². The van der Waals surface area contributed by atoms with Crippen LogP contribution in [0.3, 0.4) is 0 Å². The van der Waals surface area contributed by atoms with Crippen molar-refractivity contribution in [1.82, 2.24) is 15.1 Å². The van der Waals surface area contributed by atoms with E-state index in [9.17, 15) is 4.79 Å². The molecule has 1 atom stereocenters. The monoisotopic (exact) mass is 296 g/mol. The van der Waals surface area contributed by atoms with Gasteiger partial charge in [-0.25, -0.2) is 4.79 Å². The molecule has 0 radical (unpaired) electrons. The summed E-state index contributed by atoms with van der Waals surface area (Å²) in [6.07, 6.45) is 0.877. The number of carbonyl (C=O) groups excluding carboxylic acids is 1. The van der Waals surface area contributed by atoms with Crippen LogP contribution in [0.5, 0.6) is 0 Å². The van der Waals surface area contributed by atoms with Gasteiger partial charge in [0.15, 0.2) is 5.82 Å². The minimum atomic E-state index is -0.125. The Hall–Kier alpha value is -2.43. The molecule has 0 saturated carbocycles. The van der Waals surface area contributed by atoms with Crippen LogP contribution in [-0.2, 0) is 13.0 Å². The van der Waals surface area contributed by atoms with Crippen molar-refractivity contribution in [3.05, 3.63) is 52.7 Å². The van der Waals surface area contributed by atoms with Gasteiger partial charge in [-0.1, -0.05) is 24.3 Å². The van der Waals surface area contributed by atoms with E-state index in [4.69, 9.17) is 0 Å². The van der Waals surface area contributed by atoms with Gasteiger partial charge in [0.1, 0.15) is 0 Å². The van der Waals surface area contributed by atoms with Crippen molar-refractivity contribution < 1.29 is 4.79 Å². The molecule has 5 heteroatoms. The van der Waals surface area contributed by atoms with Crippen LogP contribution < -0.4 is 5.32 Å². The standard InChI is InChI=1S/C17H20N4O/c1-11-8-16(20-19-13(11)3)18-17(22)21-10-15-7-5-4-6-14(15)9-12(21)2/h4-8,12H,9-10H2,1-3H3,(H,18,20,22). The van der Waals surface area contributed by atoms with Gasteiger partial charge in [0.2, 0.25) is 0 Å². The maximum Gasteiger partial charge on any atom is 0.323 e. The molecule has 114 valence electrons. The summed E-state index contributed by atoms with van der Waals surface area (Å²) in [6, 6.07) is 10.2. The first-order valence-corrected chi connectivity index (χ1v) is 7.50. The number of nitrogens with zero attached hydrogens (tertiary/aromatic N) is 3. The number of carbonyl (C=O) groups is 1. The number of hydrogen-bond donors (Lipinski definition) is 1. The second-order valence-corrected chi connectivity index (χ2v) is 5.88. The minimum Gasteiger partial charge on any atom is -0.317 e. The van der Waals surface area contributed by atoms with Crippen LogP contribution in [0.1, 0.15) is 29.3 Å². The Balaban J connectivity index is 1.76. The van der Waals surface area contributed by atoms with E-state index in [0.717, 1.165) is 17.7 Å². The number of hydrogen-bond acceptors (Lipinski definition) is 3. The fourth-order valence-corrected chi connectivity index (χ4v) is 2.74. The molecule has 0 fully saturated rings. The molecular weight excluding hydrogens is 276 g/mol. The Labute approximate surface area is 130 Å². The van der Waals surface area contributed by atoms with Crippen LogP contribution in [0.15, 0.2) is 30.3 Å². The average Bonchev–Trinajstić information content (AvgIpc) is 2.50. The predicted octanol–water partition coefficient (Wildman–Crippen LogP) is 3.07. The van der Waals surface area contributed by atoms with Gasteiger partial charge in [-0.2, -0.15) is 5.10 Å².